The smallest absolute Gasteiger partial charge is 0.425 e. The maximum Gasteiger partial charge on any atom is 0.425 e. The van der Waals surface area contributed by atoms with Gasteiger partial charge in [0.25, 0.3) is 0 Å². The molecule has 3 aromatic heterocycles. The summed E-state index contributed by atoms with van der Waals surface area (Å²) in [5.74, 6) is -1.08. The molecule has 0 radical (unpaired) electrons. The van der Waals surface area contributed by atoms with Gasteiger partial charge in [0.1, 0.15) is 21.8 Å². The number of pyridine rings is 1. The highest BCUT2D eigenvalue weighted by molar-refractivity contribution is 7.12. The fourth-order valence-electron chi connectivity index (χ4n) is 4.72. The maximum absolute atomic E-state index is 13.2. The zero-order chi connectivity index (χ0) is 26.3. The number of aromatic nitrogens is 2. The number of ether oxygens (including phenoxy) is 1. The predicted octanol–water partition coefficient (Wildman–Crippen LogP) is 5.00. The number of hydrogen-bond donors (Lipinski definition) is 1. The summed E-state index contributed by atoms with van der Waals surface area (Å²) in [7, 11) is 1.37. The van der Waals surface area contributed by atoms with E-state index in [0.29, 0.717) is 46.9 Å². The third-order valence-electron chi connectivity index (χ3n) is 6.47. The van der Waals surface area contributed by atoms with Crippen molar-refractivity contribution in [3.05, 3.63) is 80.8 Å². The van der Waals surface area contributed by atoms with Crippen LogP contribution in [0, 0.1) is 0 Å². The van der Waals surface area contributed by atoms with Crippen molar-refractivity contribution in [2.75, 3.05) is 13.7 Å². The number of carbonyl (C=O) groups excluding carboxylic acids is 1. The molecular formula is C26H22F3N3O4S. The van der Waals surface area contributed by atoms with Crippen molar-refractivity contribution in [1.29, 1.82) is 0 Å². The Labute approximate surface area is 213 Å². The van der Waals surface area contributed by atoms with E-state index in [1.807, 2.05) is 16.7 Å². The largest absolute Gasteiger partial charge is 0.496 e. The second-order valence-corrected chi connectivity index (χ2v) is 9.90. The molecule has 11 heteroatoms. The molecule has 1 aromatic carbocycles. The summed E-state index contributed by atoms with van der Waals surface area (Å²) in [6.45, 7) is 1.01. The number of benzene rings is 1. The lowest BCUT2D eigenvalue weighted by Crippen LogP contribution is -2.37. The van der Waals surface area contributed by atoms with Gasteiger partial charge in [-0.05, 0) is 53.9 Å². The molecule has 0 fully saturated rings. The van der Waals surface area contributed by atoms with Gasteiger partial charge in [-0.1, -0.05) is 6.07 Å². The van der Waals surface area contributed by atoms with E-state index in [9.17, 15) is 27.9 Å². The first-order valence-corrected chi connectivity index (χ1v) is 12.3. The molecule has 37 heavy (non-hydrogen) atoms. The van der Waals surface area contributed by atoms with Crippen molar-refractivity contribution >= 4 is 34.2 Å². The van der Waals surface area contributed by atoms with Crippen LogP contribution in [0.4, 0.5) is 13.2 Å². The number of halogens is 3. The number of rotatable bonds is 6. The van der Waals surface area contributed by atoms with E-state index < -0.39 is 17.0 Å². The van der Waals surface area contributed by atoms with Gasteiger partial charge in [-0.2, -0.15) is 13.2 Å². The molecular weight excluding hydrogens is 507 g/mol. The first kappa shape index (κ1) is 24.8. The lowest BCUT2D eigenvalue weighted by atomic mass is 10.0. The van der Waals surface area contributed by atoms with Gasteiger partial charge < -0.3 is 19.3 Å². The van der Waals surface area contributed by atoms with E-state index in [4.69, 9.17) is 4.74 Å². The summed E-state index contributed by atoms with van der Waals surface area (Å²) in [4.78, 5) is 30.7. The number of carbonyl (C=O) groups is 2. The van der Waals surface area contributed by atoms with Crippen molar-refractivity contribution in [3.63, 3.8) is 0 Å². The molecule has 1 N–H and O–H groups in total. The zero-order valence-electron chi connectivity index (χ0n) is 19.7. The topological polar surface area (TPSA) is 84.7 Å². The minimum atomic E-state index is -4.39. The Balaban J connectivity index is 1.42. The van der Waals surface area contributed by atoms with Crippen LogP contribution in [0.3, 0.4) is 0 Å². The van der Waals surface area contributed by atoms with Gasteiger partial charge in [0.2, 0.25) is 5.91 Å². The molecule has 0 unspecified atom stereocenters. The van der Waals surface area contributed by atoms with Crippen molar-refractivity contribution in [2.24, 2.45) is 0 Å². The Hall–Kier alpha value is -3.86. The molecule has 4 aromatic rings. The van der Waals surface area contributed by atoms with E-state index in [-0.39, 0.29) is 30.2 Å². The van der Waals surface area contributed by atoms with Crippen LogP contribution < -0.4 is 4.74 Å². The highest BCUT2D eigenvalue weighted by atomic mass is 32.1. The van der Waals surface area contributed by atoms with Crippen LogP contribution >= 0.6 is 11.3 Å². The molecule has 0 saturated heterocycles. The van der Waals surface area contributed by atoms with Crippen LogP contribution in [0.15, 0.2) is 48.7 Å². The molecule has 1 aliphatic rings. The molecule has 0 aliphatic carbocycles. The van der Waals surface area contributed by atoms with Crippen LogP contribution in [-0.2, 0) is 36.9 Å². The SMILES string of the molecule is COc1cc(CC(=O)N2CCc3c(n(Cc4ccc(C(F)(F)F)s4)c4ncccc34)C2)ccc1C(=O)O. The molecule has 192 valence electrons. The number of amides is 1. The maximum atomic E-state index is 13.2. The van der Waals surface area contributed by atoms with Crippen molar-refractivity contribution < 1.29 is 32.6 Å². The third-order valence-corrected chi connectivity index (χ3v) is 7.59. The van der Waals surface area contributed by atoms with Crippen LogP contribution in [-0.4, -0.2) is 45.1 Å². The Morgan fingerprint density at radius 2 is 2.00 bits per heavy atom. The first-order chi connectivity index (χ1) is 17.7. The number of methoxy groups -OCH3 is 1. The predicted molar refractivity (Wildman–Crippen MR) is 131 cm³/mol. The zero-order valence-corrected chi connectivity index (χ0v) is 20.5. The first-order valence-electron chi connectivity index (χ1n) is 11.4. The van der Waals surface area contributed by atoms with E-state index in [0.717, 1.165) is 22.7 Å². The van der Waals surface area contributed by atoms with Gasteiger partial charge in [0.15, 0.2) is 0 Å². The highest BCUT2D eigenvalue weighted by Gasteiger charge is 2.33. The highest BCUT2D eigenvalue weighted by Crippen LogP contribution is 2.36. The summed E-state index contributed by atoms with van der Waals surface area (Å²) in [6.07, 6.45) is -2.09. The quantitative estimate of drug-likeness (QED) is 0.380. The normalized spacial score (nSPS) is 13.6. The van der Waals surface area contributed by atoms with E-state index in [1.165, 1.54) is 19.2 Å². The van der Waals surface area contributed by atoms with Crippen LogP contribution in [0.5, 0.6) is 5.75 Å². The summed E-state index contributed by atoms with van der Waals surface area (Å²) in [6, 6.07) is 10.9. The average molecular weight is 530 g/mol. The average Bonchev–Trinajstić information content (AvgIpc) is 3.47. The Morgan fingerprint density at radius 1 is 1.19 bits per heavy atom. The molecule has 0 spiro atoms. The van der Waals surface area contributed by atoms with E-state index >= 15 is 0 Å². The number of carboxylic acids is 1. The van der Waals surface area contributed by atoms with Crippen LogP contribution in [0.1, 0.15) is 36.9 Å². The fraction of sp³-hybridized carbons (Fsp3) is 0.269. The second-order valence-electron chi connectivity index (χ2n) is 8.73. The van der Waals surface area contributed by atoms with Crippen molar-refractivity contribution in [2.45, 2.75) is 32.1 Å². The number of alkyl halides is 3. The molecule has 5 rings (SSSR count). The molecule has 0 saturated carbocycles. The van der Waals surface area contributed by atoms with Gasteiger partial charge >= 0.3 is 12.1 Å². The van der Waals surface area contributed by atoms with Gasteiger partial charge in [0.05, 0.1) is 26.6 Å². The van der Waals surface area contributed by atoms with Crippen LogP contribution in [0.25, 0.3) is 11.0 Å². The number of hydrogen-bond acceptors (Lipinski definition) is 5. The molecule has 4 heterocycles. The Kier molecular flexibility index (Phi) is 6.40. The summed E-state index contributed by atoms with van der Waals surface area (Å²) < 4.78 is 46.5. The van der Waals surface area contributed by atoms with Gasteiger partial charge in [0, 0.05) is 28.7 Å². The molecule has 0 atom stereocenters. The molecule has 1 aliphatic heterocycles. The van der Waals surface area contributed by atoms with E-state index in [1.54, 1.807) is 23.2 Å². The standard InChI is InChI=1S/C26H22F3N3O4S/c1-36-21-11-15(4-6-19(21)25(34)35)12-23(33)31-10-8-17-18-3-2-9-30-24(18)32(20(17)14-31)13-16-5-7-22(37-16)26(27,28)29/h2-7,9,11H,8,10,12-14H2,1H3,(H,34,35). The van der Waals surface area contributed by atoms with Gasteiger partial charge in [-0.25, -0.2) is 9.78 Å². The summed E-state index contributed by atoms with van der Waals surface area (Å²) in [5, 5.41) is 10.2. The number of thiophene rings is 1. The number of nitrogens with zero attached hydrogens (tertiary/aromatic N) is 3. The molecule has 0 bridgehead atoms. The van der Waals surface area contributed by atoms with Gasteiger partial charge in [-0.3, -0.25) is 4.79 Å². The lowest BCUT2D eigenvalue weighted by molar-refractivity contribution is -0.134. The molecule has 7 nitrogen and oxygen atoms in total. The van der Waals surface area contributed by atoms with Crippen LogP contribution in [0.2, 0.25) is 0 Å². The van der Waals surface area contributed by atoms with E-state index in [2.05, 4.69) is 4.98 Å². The lowest BCUT2D eigenvalue weighted by Gasteiger charge is -2.28. The van der Waals surface area contributed by atoms with Gasteiger partial charge in [-0.15, -0.1) is 11.3 Å². The number of carboxylic acid groups (broad SMARTS) is 1. The van der Waals surface area contributed by atoms with Crippen molar-refractivity contribution in [1.82, 2.24) is 14.5 Å². The summed E-state index contributed by atoms with van der Waals surface area (Å²) in [5.41, 5.74) is 3.22. The molecule has 1 amide bonds. The summed E-state index contributed by atoms with van der Waals surface area (Å²) >= 11 is 0.705. The minimum Gasteiger partial charge on any atom is -0.496 e. The second kappa shape index (κ2) is 9.55. The minimum absolute atomic E-state index is 0.0144. The Bertz CT molecular complexity index is 1510. The number of fused-ring (bicyclic) bond motifs is 3. The number of aromatic carboxylic acids is 1. The van der Waals surface area contributed by atoms with Crippen molar-refractivity contribution in [3.8, 4) is 5.75 Å². The monoisotopic (exact) mass is 529 g/mol. The Morgan fingerprint density at radius 3 is 2.70 bits per heavy atom. The fourth-order valence-corrected chi connectivity index (χ4v) is 5.59. The third kappa shape index (κ3) is 4.78.